The van der Waals surface area contributed by atoms with Crippen molar-refractivity contribution in [2.45, 2.75) is 32.3 Å². The van der Waals surface area contributed by atoms with Crippen LogP contribution in [0.25, 0.3) is 0 Å². The summed E-state index contributed by atoms with van der Waals surface area (Å²) in [5, 5.41) is 17.1. The van der Waals surface area contributed by atoms with E-state index in [9.17, 15) is 0 Å². The number of ether oxygens (including phenoxy) is 1. The van der Waals surface area contributed by atoms with Crippen LogP contribution in [-0.2, 0) is 4.74 Å². The summed E-state index contributed by atoms with van der Waals surface area (Å²) in [4.78, 5) is 0. The van der Waals surface area contributed by atoms with Gasteiger partial charge in [0.25, 0.3) is 0 Å². The van der Waals surface area contributed by atoms with Crippen LogP contribution in [-0.4, -0.2) is 23.9 Å². The highest BCUT2D eigenvalue weighted by Crippen LogP contribution is 2.13. The molecule has 0 saturated heterocycles. The second-order valence-electron chi connectivity index (χ2n) is 2.62. The molecule has 0 saturated carbocycles. The first kappa shape index (κ1) is 10.4. The molecule has 1 N–H and O–H groups in total. The molecule has 11 heavy (non-hydrogen) atoms. The molecule has 0 heterocycles. The molecule has 0 aromatic heterocycles. The third kappa shape index (κ3) is 3.97. The van der Waals surface area contributed by atoms with Gasteiger partial charge in [-0.15, -0.1) is 0 Å². The first-order chi connectivity index (χ1) is 5.18. The molecule has 0 aliphatic rings. The van der Waals surface area contributed by atoms with E-state index < -0.39 is 5.60 Å². The molecule has 1 atom stereocenters. The fraction of sp³-hybridized carbons (Fsp3) is 0.875. The van der Waals surface area contributed by atoms with Crippen LogP contribution in [0.4, 0.5) is 0 Å². The van der Waals surface area contributed by atoms with E-state index in [2.05, 4.69) is 6.07 Å². The summed E-state index contributed by atoms with van der Waals surface area (Å²) in [7, 11) is 0. The normalized spacial score (nSPS) is 15.5. The van der Waals surface area contributed by atoms with Gasteiger partial charge in [-0.05, 0) is 19.8 Å². The zero-order valence-corrected chi connectivity index (χ0v) is 7.13. The van der Waals surface area contributed by atoms with Gasteiger partial charge in [-0.1, -0.05) is 6.92 Å². The van der Waals surface area contributed by atoms with Gasteiger partial charge >= 0.3 is 0 Å². The lowest BCUT2D eigenvalue weighted by Crippen LogP contribution is -2.26. The molecule has 0 radical (unpaired) electrons. The van der Waals surface area contributed by atoms with Crippen molar-refractivity contribution in [3.05, 3.63) is 0 Å². The monoisotopic (exact) mass is 157 g/mol. The largest absolute Gasteiger partial charge is 0.396 e. The predicted octanol–water partition coefficient (Wildman–Crippen LogP) is 1.08. The van der Waals surface area contributed by atoms with Crippen LogP contribution >= 0.6 is 0 Å². The summed E-state index contributed by atoms with van der Waals surface area (Å²) < 4.78 is 5.25. The summed E-state index contributed by atoms with van der Waals surface area (Å²) in [5.74, 6) is 0. The van der Waals surface area contributed by atoms with Crippen LogP contribution < -0.4 is 0 Å². The molecule has 0 fully saturated rings. The van der Waals surface area contributed by atoms with E-state index in [0.29, 0.717) is 19.4 Å². The van der Waals surface area contributed by atoms with Crippen LogP contribution in [0.2, 0.25) is 0 Å². The second-order valence-corrected chi connectivity index (χ2v) is 2.62. The molecule has 1 unspecified atom stereocenters. The molecule has 0 spiro atoms. The van der Waals surface area contributed by atoms with Gasteiger partial charge in [-0.3, -0.25) is 0 Å². The predicted molar refractivity (Wildman–Crippen MR) is 42.0 cm³/mol. The van der Waals surface area contributed by atoms with Crippen molar-refractivity contribution >= 4 is 0 Å². The number of hydrogen-bond acceptors (Lipinski definition) is 3. The molecule has 0 aromatic rings. The van der Waals surface area contributed by atoms with Crippen LogP contribution in [0, 0.1) is 11.3 Å². The maximum atomic E-state index is 8.65. The number of aliphatic hydroxyl groups is 1. The lowest BCUT2D eigenvalue weighted by Gasteiger charge is -2.19. The number of hydrogen-bond donors (Lipinski definition) is 1. The first-order valence-electron chi connectivity index (χ1n) is 3.84. The summed E-state index contributed by atoms with van der Waals surface area (Å²) in [6.07, 6.45) is 1.27. The van der Waals surface area contributed by atoms with E-state index in [1.807, 2.05) is 6.92 Å². The highest BCUT2D eigenvalue weighted by molar-refractivity contribution is 4.96. The molecule has 3 nitrogen and oxygen atoms in total. The van der Waals surface area contributed by atoms with Gasteiger partial charge in [0, 0.05) is 6.61 Å². The molecular formula is C8H15NO2. The molecule has 0 rings (SSSR count). The molecule has 0 aliphatic heterocycles. The Bertz CT molecular complexity index is 142. The van der Waals surface area contributed by atoms with Crippen LogP contribution in [0.1, 0.15) is 26.7 Å². The molecule has 0 aromatic carbocycles. The van der Waals surface area contributed by atoms with Crippen molar-refractivity contribution in [2.24, 2.45) is 0 Å². The van der Waals surface area contributed by atoms with E-state index in [0.717, 1.165) is 0 Å². The van der Waals surface area contributed by atoms with E-state index in [1.54, 1.807) is 6.92 Å². The van der Waals surface area contributed by atoms with Gasteiger partial charge in [-0.25, -0.2) is 0 Å². The van der Waals surface area contributed by atoms with E-state index in [4.69, 9.17) is 15.1 Å². The van der Waals surface area contributed by atoms with Gasteiger partial charge in [-0.2, -0.15) is 5.26 Å². The molecule has 0 bridgehead atoms. The van der Waals surface area contributed by atoms with Crippen LogP contribution in [0.3, 0.4) is 0 Å². The van der Waals surface area contributed by atoms with Gasteiger partial charge in [0.05, 0.1) is 12.7 Å². The highest BCUT2D eigenvalue weighted by Gasteiger charge is 2.20. The first-order valence-corrected chi connectivity index (χ1v) is 3.84. The average molecular weight is 157 g/mol. The smallest absolute Gasteiger partial charge is 0.151 e. The van der Waals surface area contributed by atoms with Crippen molar-refractivity contribution in [1.29, 1.82) is 5.26 Å². The third-order valence-electron chi connectivity index (χ3n) is 1.63. The van der Waals surface area contributed by atoms with Crippen molar-refractivity contribution in [2.75, 3.05) is 13.2 Å². The number of rotatable bonds is 5. The Morgan fingerprint density at radius 2 is 2.27 bits per heavy atom. The topological polar surface area (TPSA) is 53.2 Å². The Morgan fingerprint density at radius 1 is 1.64 bits per heavy atom. The Kier molecular flexibility index (Phi) is 4.84. The van der Waals surface area contributed by atoms with Crippen molar-refractivity contribution in [3.8, 4) is 6.07 Å². The molecule has 0 aliphatic carbocycles. The average Bonchev–Trinajstić information content (AvgIpc) is 2.05. The fourth-order valence-corrected chi connectivity index (χ4v) is 0.575. The number of nitrogens with zero attached hydrogens (tertiary/aromatic N) is 1. The summed E-state index contributed by atoms with van der Waals surface area (Å²) >= 11 is 0. The molecule has 3 heteroatoms. The number of nitriles is 1. The van der Waals surface area contributed by atoms with Crippen LogP contribution in [0.5, 0.6) is 0 Å². The summed E-state index contributed by atoms with van der Waals surface area (Å²) in [5.41, 5.74) is -0.671. The lowest BCUT2D eigenvalue weighted by atomic mass is 10.1. The minimum Gasteiger partial charge on any atom is -0.396 e. The van der Waals surface area contributed by atoms with Gasteiger partial charge in [0.2, 0.25) is 0 Å². The molecule has 64 valence electrons. The Labute approximate surface area is 67.6 Å². The zero-order valence-electron chi connectivity index (χ0n) is 7.13. The van der Waals surface area contributed by atoms with Crippen molar-refractivity contribution in [3.63, 3.8) is 0 Å². The molecule has 0 amide bonds. The third-order valence-corrected chi connectivity index (χ3v) is 1.63. The van der Waals surface area contributed by atoms with Gasteiger partial charge < -0.3 is 9.84 Å². The Balaban J connectivity index is 3.63. The van der Waals surface area contributed by atoms with E-state index >= 15 is 0 Å². The van der Waals surface area contributed by atoms with Gasteiger partial charge in [0.1, 0.15) is 0 Å². The highest BCUT2D eigenvalue weighted by atomic mass is 16.5. The van der Waals surface area contributed by atoms with Crippen molar-refractivity contribution < 1.29 is 9.84 Å². The standard InChI is InChI=1S/C8H15NO2/c1-3-8(2,7-9)11-6-4-5-10/h10H,3-6H2,1-2H3. The Morgan fingerprint density at radius 3 is 2.64 bits per heavy atom. The van der Waals surface area contributed by atoms with E-state index in [1.165, 1.54) is 0 Å². The van der Waals surface area contributed by atoms with Crippen LogP contribution in [0.15, 0.2) is 0 Å². The lowest BCUT2D eigenvalue weighted by molar-refractivity contribution is 0.00240. The van der Waals surface area contributed by atoms with Crippen molar-refractivity contribution in [1.82, 2.24) is 0 Å². The number of aliphatic hydroxyl groups excluding tert-OH is 1. The molecular weight excluding hydrogens is 142 g/mol. The maximum Gasteiger partial charge on any atom is 0.151 e. The summed E-state index contributed by atoms with van der Waals surface area (Å²) in [6, 6.07) is 2.08. The second kappa shape index (κ2) is 5.11. The minimum absolute atomic E-state index is 0.116. The van der Waals surface area contributed by atoms with Gasteiger partial charge in [0.15, 0.2) is 5.60 Å². The Hall–Kier alpha value is -0.590. The maximum absolute atomic E-state index is 8.65. The summed E-state index contributed by atoms with van der Waals surface area (Å²) in [6.45, 7) is 4.23. The SMILES string of the molecule is CCC(C)(C#N)OCCCO. The quantitative estimate of drug-likeness (QED) is 0.607. The minimum atomic E-state index is -0.671. The zero-order chi connectivity index (χ0) is 8.74. The van der Waals surface area contributed by atoms with E-state index in [-0.39, 0.29) is 6.61 Å². The fourth-order valence-electron chi connectivity index (χ4n) is 0.575.